The van der Waals surface area contributed by atoms with Crippen LogP contribution >= 0.6 is 0 Å². The van der Waals surface area contributed by atoms with E-state index in [2.05, 4.69) is 50.0 Å². The molecule has 0 nitrogen and oxygen atoms in total. The van der Waals surface area contributed by atoms with Crippen LogP contribution in [0.1, 0.15) is 51.7 Å². The molecule has 0 aliphatic carbocycles. The molecule has 0 fully saturated rings. The van der Waals surface area contributed by atoms with Crippen molar-refractivity contribution in [1.82, 2.24) is 0 Å². The maximum absolute atomic E-state index is 3.02. The summed E-state index contributed by atoms with van der Waals surface area (Å²) in [6.07, 6.45) is 0. The molecular formula is C14H20. The van der Waals surface area contributed by atoms with Gasteiger partial charge in [0.05, 0.1) is 0 Å². The van der Waals surface area contributed by atoms with E-state index in [-0.39, 0.29) is 0 Å². The molecule has 76 valence electrons. The largest absolute Gasteiger partial charge is 0.101 e. The van der Waals surface area contributed by atoms with Crippen LogP contribution in [0.5, 0.6) is 0 Å². The summed E-state index contributed by atoms with van der Waals surface area (Å²) in [7, 11) is 0. The fourth-order valence-electron chi connectivity index (χ4n) is 1.10. The maximum Gasteiger partial charge on any atom is 0.0245 e. The van der Waals surface area contributed by atoms with E-state index in [0.717, 1.165) is 5.56 Å². The molecule has 1 aromatic rings. The Hall–Kier alpha value is -1.22. The van der Waals surface area contributed by atoms with Crippen LogP contribution in [-0.4, -0.2) is 0 Å². The van der Waals surface area contributed by atoms with Gasteiger partial charge in [0.1, 0.15) is 0 Å². The topological polar surface area (TPSA) is 0 Å². The Morgan fingerprint density at radius 1 is 1.00 bits per heavy atom. The Morgan fingerprint density at radius 2 is 1.50 bits per heavy atom. The van der Waals surface area contributed by atoms with Gasteiger partial charge in [0.15, 0.2) is 0 Å². The fraction of sp³-hybridized carbons (Fsp3) is 0.429. The zero-order valence-corrected chi connectivity index (χ0v) is 9.89. The fourth-order valence-corrected chi connectivity index (χ4v) is 1.10. The van der Waals surface area contributed by atoms with Crippen LogP contribution in [0.3, 0.4) is 0 Å². The predicted molar refractivity (Wildman–Crippen MR) is 64.4 cm³/mol. The lowest BCUT2D eigenvalue weighted by Crippen LogP contribution is -1.86. The van der Waals surface area contributed by atoms with E-state index < -0.39 is 0 Å². The van der Waals surface area contributed by atoms with E-state index in [9.17, 15) is 0 Å². The molecule has 1 aromatic carbocycles. The SMILES string of the molecule is CC.CC#Cc1ccc(C(C)C)cc1. The van der Waals surface area contributed by atoms with E-state index in [4.69, 9.17) is 0 Å². The smallest absolute Gasteiger partial charge is 0.0245 e. The van der Waals surface area contributed by atoms with Gasteiger partial charge in [-0.2, -0.15) is 0 Å². The second-order valence-electron chi connectivity index (χ2n) is 3.15. The van der Waals surface area contributed by atoms with Crippen LogP contribution in [0.15, 0.2) is 24.3 Å². The van der Waals surface area contributed by atoms with Gasteiger partial charge >= 0.3 is 0 Å². The second-order valence-corrected chi connectivity index (χ2v) is 3.15. The Balaban J connectivity index is 0.000000791. The zero-order valence-electron chi connectivity index (χ0n) is 9.89. The summed E-state index contributed by atoms with van der Waals surface area (Å²) in [6.45, 7) is 10.2. The highest BCUT2D eigenvalue weighted by Gasteiger charge is 1.96. The third-order valence-corrected chi connectivity index (χ3v) is 1.85. The average molecular weight is 188 g/mol. The molecular weight excluding hydrogens is 168 g/mol. The first-order valence-electron chi connectivity index (χ1n) is 5.26. The highest BCUT2D eigenvalue weighted by Crippen LogP contribution is 2.13. The molecule has 0 unspecified atom stereocenters. The van der Waals surface area contributed by atoms with Gasteiger partial charge in [0.25, 0.3) is 0 Å². The normalized spacial score (nSPS) is 8.43. The van der Waals surface area contributed by atoms with Gasteiger partial charge in [0, 0.05) is 5.56 Å². The molecule has 0 aliphatic rings. The average Bonchev–Trinajstić information content (AvgIpc) is 2.22. The number of benzene rings is 1. The van der Waals surface area contributed by atoms with E-state index in [1.165, 1.54) is 5.56 Å². The summed E-state index contributed by atoms with van der Waals surface area (Å²) in [5.41, 5.74) is 2.47. The first-order valence-corrected chi connectivity index (χ1v) is 5.26. The van der Waals surface area contributed by atoms with Gasteiger partial charge in [-0.15, -0.1) is 5.92 Å². The van der Waals surface area contributed by atoms with Gasteiger partial charge in [-0.1, -0.05) is 45.7 Å². The van der Waals surface area contributed by atoms with Crippen LogP contribution in [0.4, 0.5) is 0 Å². The van der Waals surface area contributed by atoms with Gasteiger partial charge in [-0.05, 0) is 30.5 Å². The summed E-state index contributed by atoms with van der Waals surface area (Å²) >= 11 is 0. The Labute approximate surface area is 88.4 Å². The molecule has 0 amide bonds. The van der Waals surface area contributed by atoms with Crippen LogP contribution < -0.4 is 0 Å². The van der Waals surface area contributed by atoms with Crippen molar-refractivity contribution < 1.29 is 0 Å². The Morgan fingerprint density at radius 3 is 1.86 bits per heavy atom. The molecule has 14 heavy (non-hydrogen) atoms. The van der Waals surface area contributed by atoms with Crippen molar-refractivity contribution in [2.24, 2.45) is 0 Å². The monoisotopic (exact) mass is 188 g/mol. The number of hydrogen-bond donors (Lipinski definition) is 0. The third-order valence-electron chi connectivity index (χ3n) is 1.85. The standard InChI is InChI=1S/C12H14.C2H6/c1-4-5-11-6-8-12(9-7-11)10(2)3;1-2/h6-10H,1-3H3;1-2H3. The molecule has 0 saturated heterocycles. The number of rotatable bonds is 1. The molecule has 0 bridgehead atoms. The van der Waals surface area contributed by atoms with Crippen molar-refractivity contribution in [3.63, 3.8) is 0 Å². The third kappa shape index (κ3) is 4.14. The molecule has 0 heterocycles. The maximum atomic E-state index is 3.02. The van der Waals surface area contributed by atoms with Crippen molar-refractivity contribution in [2.45, 2.75) is 40.5 Å². The minimum absolute atomic E-state index is 0.605. The van der Waals surface area contributed by atoms with Gasteiger partial charge in [-0.25, -0.2) is 0 Å². The van der Waals surface area contributed by atoms with Crippen molar-refractivity contribution in [3.8, 4) is 11.8 Å². The highest BCUT2D eigenvalue weighted by molar-refractivity contribution is 5.36. The summed E-state index contributed by atoms with van der Waals surface area (Å²) in [5.74, 6) is 6.51. The van der Waals surface area contributed by atoms with Crippen LogP contribution in [0.2, 0.25) is 0 Å². The first kappa shape index (κ1) is 12.8. The summed E-state index contributed by atoms with van der Waals surface area (Å²) in [5, 5.41) is 0. The van der Waals surface area contributed by atoms with Crippen molar-refractivity contribution in [3.05, 3.63) is 35.4 Å². The quantitative estimate of drug-likeness (QED) is 0.579. The molecule has 0 aromatic heterocycles. The number of hydrogen-bond acceptors (Lipinski definition) is 0. The van der Waals surface area contributed by atoms with E-state index in [1.54, 1.807) is 0 Å². The molecule has 0 spiro atoms. The summed E-state index contributed by atoms with van der Waals surface area (Å²) in [6, 6.07) is 8.44. The highest BCUT2D eigenvalue weighted by atomic mass is 14.0. The van der Waals surface area contributed by atoms with Crippen LogP contribution in [0.25, 0.3) is 0 Å². The van der Waals surface area contributed by atoms with Crippen LogP contribution in [0, 0.1) is 11.8 Å². The molecule has 0 N–H and O–H groups in total. The van der Waals surface area contributed by atoms with Crippen molar-refractivity contribution >= 4 is 0 Å². The van der Waals surface area contributed by atoms with Gasteiger partial charge in [-0.3, -0.25) is 0 Å². The minimum atomic E-state index is 0.605. The molecule has 0 heteroatoms. The first-order chi connectivity index (χ1) is 6.74. The Bertz CT molecular complexity index is 293. The summed E-state index contributed by atoms with van der Waals surface area (Å²) < 4.78 is 0. The van der Waals surface area contributed by atoms with Gasteiger partial charge in [0.2, 0.25) is 0 Å². The Kier molecular flexibility index (Phi) is 6.58. The lowest BCUT2D eigenvalue weighted by molar-refractivity contribution is 0.866. The van der Waals surface area contributed by atoms with Crippen molar-refractivity contribution in [1.29, 1.82) is 0 Å². The molecule has 0 saturated carbocycles. The van der Waals surface area contributed by atoms with E-state index in [1.807, 2.05) is 20.8 Å². The molecule has 0 atom stereocenters. The van der Waals surface area contributed by atoms with E-state index in [0.29, 0.717) is 5.92 Å². The summed E-state index contributed by atoms with van der Waals surface area (Å²) in [4.78, 5) is 0. The van der Waals surface area contributed by atoms with E-state index >= 15 is 0 Å². The lowest BCUT2D eigenvalue weighted by Gasteiger charge is -2.03. The predicted octanol–water partition coefficient (Wildman–Crippen LogP) is 4.21. The lowest BCUT2D eigenvalue weighted by atomic mass is 10.0. The van der Waals surface area contributed by atoms with Gasteiger partial charge < -0.3 is 0 Å². The minimum Gasteiger partial charge on any atom is -0.101 e. The molecule has 0 radical (unpaired) electrons. The molecule has 1 rings (SSSR count). The molecule has 0 aliphatic heterocycles. The van der Waals surface area contributed by atoms with Crippen LogP contribution in [-0.2, 0) is 0 Å². The zero-order chi connectivity index (χ0) is 11.0. The second kappa shape index (κ2) is 7.21. The van der Waals surface area contributed by atoms with Crippen molar-refractivity contribution in [2.75, 3.05) is 0 Å².